The number of esters is 1. The van der Waals surface area contributed by atoms with Gasteiger partial charge in [0.05, 0.1) is 18.6 Å². The van der Waals surface area contributed by atoms with Gasteiger partial charge in [-0.3, -0.25) is 4.79 Å². The normalized spacial score (nSPS) is 47.3. The Morgan fingerprint density at radius 3 is 2.59 bits per heavy atom. The standard InChI is InChI=1S/C26H42O8/c1-14(8-11-32-23-21(30)20(29)19(28)18(13-27)33-23)6-7-16-15(2)12-17-22-25(16,3)9-5-10-26(22,4)24(31)34-17/h14,16-23,27-30H,2,5-13H2,1,3-4H3. The third kappa shape index (κ3) is 4.35. The van der Waals surface area contributed by atoms with Gasteiger partial charge in [-0.05, 0) is 49.9 Å². The average Bonchev–Trinajstić information content (AvgIpc) is 3.04. The predicted octanol–water partition coefficient (Wildman–Crippen LogP) is 1.92. The molecule has 8 heteroatoms. The highest BCUT2D eigenvalue weighted by molar-refractivity contribution is 5.80. The van der Waals surface area contributed by atoms with E-state index < -0.39 is 37.3 Å². The van der Waals surface area contributed by atoms with Crippen molar-refractivity contribution in [3.05, 3.63) is 12.2 Å². The molecule has 0 aromatic heterocycles. The van der Waals surface area contributed by atoms with E-state index in [0.717, 1.165) is 44.9 Å². The van der Waals surface area contributed by atoms with Crippen LogP contribution in [0.3, 0.4) is 0 Å². The maximum atomic E-state index is 12.7. The average molecular weight is 483 g/mol. The number of carbonyl (C=O) groups excluding carboxylic acids is 1. The van der Waals surface area contributed by atoms with Crippen molar-refractivity contribution in [2.24, 2.45) is 28.6 Å². The van der Waals surface area contributed by atoms with Crippen molar-refractivity contribution in [2.45, 2.75) is 103 Å². The van der Waals surface area contributed by atoms with Gasteiger partial charge in [-0.1, -0.05) is 38.8 Å². The lowest BCUT2D eigenvalue weighted by atomic mass is 9.47. The van der Waals surface area contributed by atoms with Gasteiger partial charge in [0.25, 0.3) is 0 Å². The van der Waals surface area contributed by atoms with E-state index in [9.17, 15) is 25.2 Å². The van der Waals surface area contributed by atoms with E-state index in [2.05, 4.69) is 27.4 Å². The van der Waals surface area contributed by atoms with E-state index in [0.29, 0.717) is 18.4 Å². The van der Waals surface area contributed by atoms with Crippen LogP contribution < -0.4 is 0 Å². The van der Waals surface area contributed by atoms with Gasteiger partial charge in [0, 0.05) is 12.3 Å². The first-order chi connectivity index (χ1) is 16.0. The van der Waals surface area contributed by atoms with Gasteiger partial charge in [0.15, 0.2) is 6.29 Å². The van der Waals surface area contributed by atoms with Gasteiger partial charge in [0.2, 0.25) is 0 Å². The van der Waals surface area contributed by atoms with Gasteiger partial charge in [-0.15, -0.1) is 0 Å². The summed E-state index contributed by atoms with van der Waals surface area (Å²) in [6.07, 6.45) is 0.283. The highest BCUT2D eigenvalue weighted by Gasteiger charge is 2.66. The second kappa shape index (κ2) is 9.79. The lowest BCUT2D eigenvalue weighted by Crippen LogP contribution is -2.59. The second-order valence-electron chi connectivity index (χ2n) is 11.7. The molecule has 0 amide bonds. The summed E-state index contributed by atoms with van der Waals surface area (Å²) in [5, 5.41) is 39.3. The molecule has 4 aliphatic rings. The van der Waals surface area contributed by atoms with Crippen LogP contribution in [-0.4, -0.2) is 76.4 Å². The van der Waals surface area contributed by atoms with Crippen LogP contribution in [0.15, 0.2) is 12.2 Å². The fraction of sp³-hybridized carbons (Fsp3) is 0.885. The summed E-state index contributed by atoms with van der Waals surface area (Å²) >= 11 is 0. The van der Waals surface area contributed by atoms with Gasteiger partial charge in [-0.2, -0.15) is 0 Å². The molecule has 8 nitrogen and oxygen atoms in total. The Labute approximate surface area is 202 Å². The molecule has 4 N–H and O–H groups in total. The summed E-state index contributed by atoms with van der Waals surface area (Å²) in [4.78, 5) is 12.7. The monoisotopic (exact) mass is 482 g/mol. The van der Waals surface area contributed by atoms with Crippen molar-refractivity contribution in [3.63, 3.8) is 0 Å². The zero-order valence-corrected chi connectivity index (χ0v) is 20.7. The van der Waals surface area contributed by atoms with Crippen molar-refractivity contribution in [2.75, 3.05) is 13.2 Å². The Morgan fingerprint density at radius 1 is 1.15 bits per heavy atom. The molecule has 0 radical (unpaired) electrons. The third-order valence-corrected chi connectivity index (χ3v) is 9.35. The highest BCUT2D eigenvalue weighted by atomic mass is 16.7. The van der Waals surface area contributed by atoms with Crippen molar-refractivity contribution < 1.29 is 39.4 Å². The number of hydrogen-bond acceptors (Lipinski definition) is 8. The molecule has 11 unspecified atom stereocenters. The predicted molar refractivity (Wildman–Crippen MR) is 123 cm³/mol. The van der Waals surface area contributed by atoms with E-state index in [1.54, 1.807) is 0 Å². The van der Waals surface area contributed by atoms with Gasteiger partial charge >= 0.3 is 5.97 Å². The van der Waals surface area contributed by atoms with Gasteiger partial charge < -0.3 is 34.6 Å². The van der Waals surface area contributed by atoms with Crippen molar-refractivity contribution in [3.8, 4) is 0 Å². The maximum absolute atomic E-state index is 12.7. The van der Waals surface area contributed by atoms with Crippen molar-refractivity contribution >= 4 is 5.97 Å². The zero-order valence-electron chi connectivity index (χ0n) is 20.7. The van der Waals surface area contributed by atoms with Gasteiger partial charge in [0.1, 0.15) is 30.5 Å². The first-order valence-corrected chi connectivity index (χ1v) is 12.8. The minimum atomic E-state index is -1.43. The van der Waals surface area contributed by atoms with Crippen LogP contribution in [0.4, 0.5) is 0 Å². The van der Waals surface area contributed by atoms with E-state index in [1.807, 2.05) is 0 Å². The van der Waals surface area contributed by atoms with Crippen LogP contribution in [0.5, 0.6) is 0 Å². The molecule has 4 rings (SSSR count). The van der Waals surface area contributed by atoms with Crippen LogP contribution >= 0.6 is 0 Å². The molecule has 2 aliphatic carbocycles. The maximum Gasteiger partial charge on any atom is 0.312 e. The first-order valence-electron chi connectivity index (χ1n) is 12.8. The van der Waals surface area contributed by atoms with Crippen molar-refractivity contribution in [1.82, 2.24) is 0 Å². The largest absolute Gasteiger partial charge is 0.461 e. The molecule has 0 aromatic rings. The van der Waals surface area contributed by atoms with Crippen LogP contribution in [0, 0.1) is 28.6 Å². The minimum Gasteiger partial charge on any atom is -0.461 e. The summed E-state index contributed by atoms with van der Waals surface area (Å²) in [5.41, 5.74) is 0.847. The summed E-state index contributed by atoms with van der Waals surface area (Å²) in [6, 6.07) is 0. The summed E-state index contributed by atoms with van der Waals surface area (Å²) in [6.45, 7) is 10.9. The third-order valence-electron chi connectivity index (χ3n) is 9.35. The molecule has 2 saturated heterocycles. The number of aliphatic hydroxyl groups excluding tert-OH is 4. The number of hydrogen-bond donors (Lipinski definition) is 4. The summed E-state index contributed by atoms with van der Waals surface area (Å²) in [5.74, 6) is 0.939. The fourth-order valence-corrected chi connectivity index (χ4v) is 7.42. The Morgan fingerprint density at radius 2 is 1.88 bits per heavy atom. The first kappa shape index (κ1) is 26.0. The van der Waals surface area contributed by atoms with E-state index >= 15 is 0 Å². The molecule has 2 aliphatic heterocycles. The SMILES string of the molecule is C=C1CC2OC(=O)C3(C)CCCC(C)(C1CCC(C)CCOC1OC(CO)C(O)C(O)C1O)C23. The minimum absolute atomic E-state index is 0.0196. The summed E-state index contributed by atoms with van der Waals surface area (Å²) < 4.78 is 16.9. The van der Waals surface area contributed by atoms with E-state index in [1.165, 1.54) is 5.57 Å². The second-order valence-corrected chi connectivity index (χ2v) is 11.7. The number of ether oxygens (including phenoxy) is 3. The smallest absolute Gasteiger partial charge is 0.312 e. The van der Waals surface area contributed by atoms with Crippen LogP contribution in [-0.2, 0) is 19.0 Å². The molecule has 11 atom stereocenters. The van der Waals surface area contributed by atoms with Crippen LogP contribution in [0.25, 0.3) is 0 Å². The topological polar surface area (TPSA) is 126 Å². The lowest BCUT2D eigenvalue weighted by Gasteiger charge is -2.55. The van der Waals surface area contributed by atoms with E-state index in [-0.39, 0.29) is 28.8 Å². The molecule has 2 saturated carbocycles. The van der Waals surface area contributed by atoms with Gasteiger partial charge in [-0.25, -0.2) is 0 Å². The Balaban J connectivity index is 1.30. The molecule has 34 heavy (non-hydrogen) atoms. The molecule has 0 aromatic carbocycles. The molecule has 2 heterocycles. The lowest BCUT2D eigenvalue weighted by molar-refractivity contribution is -0.301. The van der Waals surface area contributed by atoms with E-state index in [4.69, 9.17) is 14.2 Å². The fourth-order valence-electron chi connectivity index (χ4n) is 7.42. The quantitative estimate of drug-likeness (QED) is 0.305. The van der Waals surface area contributed by atoms with Crippen molar-refractivity contribution in [1.29, 1.82) is 0 Å². The molecule has 194 valence electrons. The molecule has 0 bridgehead atoms. The Bertz CT molecular complexity index is 770. The highest BCUT2D eigenvalue weighted by Crippen LogP contribution is 2.65. The number of carbonyl (C=O) groups is 1. The van der Waals surface area contributed by atoms with Crippen LogP contribution in [0.1, 0.15) is 65.7 Å². The number of aliphatic hydroxyl groups is 4. The molecule has 0 spiro atoms. The molecular formula is C26H42O8. The zero-order chi connectivity index (χ0) is 24.8. The number of rotatable bonds is 8. The molecular weight excluding hydrogens is 440 g/mol. The Kier molecular flexibility index (Phi) is 7.50. The molecule has 4 fully saturated rings. The summed E-state index contributed by atoms with van der Waals surface area (Å²) in [7, 11) is 0. The Hall–Kier alpha value is -1.03. The van der Waals surface area contributed by atoms with Crippen LogP contribution in [0.2, 0.25) is 0 Å².